The fraction of sp³-hybridized carbons (Fsp3) is 0. The van der Waals surface area contributed by atoms with Crippen molar-refractivity contribution in [2.24, 2.45) is 0 Å². The van der Waals surface area contributed by atoms with E-state index in [0.717, 1.165) is 27.8 Å². The molecule has 0 aliphatic rings. The summed E-state index contributed by atoms with van der Waals surface area (Å²) >= 11 is 0. The molecular formula is C16H11N3. The maximum atomic E-state index is 4.61. The SMILES string of the molecule is c1ccc2[nH]c(-c3ccc4ccncc4c3)nc2c1. The molecule has 2 aromatic carbocycles. The van der Waals surface area contributed by atoms with Gasteiger partial charge in [0.25, 0.3) is 0 Å². The van der Waals surface area contributed by atoms with Gasteiger partial charge in [-0.2, -0.15) is 0 Å². The van der Waals surface area contributed by atoms with Crippen LogP contribution in [0.25, 0.3) is 33.2 Å². The van der Waals surface area contributed by atoms with Crippen molar-refractivity contribution in [2.75, 3.05) is 0 Å². The number of fused-ring (bicyclic) bond motifs is 2. The van der Waals surface area contributed by atoms with Crippen LogP contribution in [0.1, 0.15) is 0 Å². The normalized spacial score (nSPS) is 11.2. The second kappa shape index (κ2) is 3.92. The summed E-state index contributed by atoms with van der Waals surface area (Å²) in [6, 6.07) is 16.4. The predicted octanol–water partition coefficient (Wildman–Crippen LogP) is 3.78. The monoisotopic (exact) mass is 245 g/mol. The van der Waals surface area contributed by atoms with Gasteiger partial charge in [0, 0.05) is 23.3 Å². The fourth-order valence-corrected chi connectivity index (χ4v) is 2.32. The van der Waals surface area contributed by atoms with E-state index in [1.54, 1.807) is 0 Å². The van der Waals surface area contributed by atoms with Gasteiger partial charge in [0.15, 0.2) is 0 Å². The van der Waals surface area contributed by atoms with Crippen LogP contribution in [-0.2, 0) is 0 Å². The summed E-state index contributed by atoms with van der Waals surface area (Å²) in [6.45, 7) is 0. The largest absolute Gasteiger partial charge is 0.338 e. The molecule has 0 saturated carbocycles. The molecule has 0 atom stereocenters. The quantitative estimate of drug-likeness (QED) is 0.554. The van der Waals surface area contributed by atoms with Crippen molar-refractivity contribution in [3.63, 3.8) is 0 Å². The predicted molar refractivity (Wildman–Crippen MR) is 76.8 cm³/mol. The summed E-state index contributed by atoms with van der Waals surface area (Å²) in [5, 5.41) is 2.32. The number of hydrogen-bond donors (Lipinski definition) is 1. The summed E-state index contributed by atoms with van der Waals surface area (Å²) in [5.74, 6) is 0.895. The summed E-state index contributed by atoms with van der Waals surface area (Å²) in [4.78, 5) is 12.1. The zero-order valence-corrected chi connectivity index (χ0v) is 10.2. The van der Waals surface area contributed by atoms with Gasteiger partial charge < -0.3 is 4.98 Å². The highest BCUT2D eigenvalue weighted by Crippen LogP contribution is 2.23. The van der Waals surface area contributed by atoms with Gasteiger partial charge in [-0.05, 0) is 29.7 Å². The second-order valence-corrected chi connectivity index (χ2v) is 4.54. The summed E-state index contributed by atoms with van der Waals surface area (Å²) in [7, 11) is 0. The molecule has 4 aromatic rings. The maximum Gasteiger partial charge on any atom is 0.138 e. The number of benzene rings is 2. The van der Waals surface area contributed by atoms with Crippen molar-refractivity contribution >= 4 is 21.8 Å². The number of para-hydroxylation sites is 2. The third-order valence-corrected chi connectivity index (χ3v) is 3.30. The van der Waals surface area contributed by atoms with Crippen LogP contribution >= 0.6 is 0 Å². The lowest BCUT2D eigenvalue weighted by Gasteiger charge is -2.00. The lowest BCUT2D eigenvalue weighted by molar-refractivity contribution is 1.33. The Kier molecular flexibility index (Phi) is 2.12. The van der Waals surface area contributed by atoms with Crippen LogP contribution in [0.15, 0.2) is 60.9 Å². The van der Waals surface area contributed by atoms with Crippen LogP contribution in [0.5, 0.6) is 0 Å². The van der Waals surface area contributed by atoms with E-state index in [9.17, 15) is 0 Å². The molecule has 90 valence electrons. The van der Waals surface area contributed by atoms with Crippen molar-refractivity contribution < 1.29 is 0 Å². The Morgan fingerprint density at radius 1 is 0.895 bits per heavy atom. The molecule has 2 heterocycles. The number of pyridine rings is 1. The Labute approximate surface area is 110 Å². The fourth-order valence-electron chi connectivity index (χ4n) is 2.32. The van der Waals surface area contributed by atoms with Gasteiger partial charge in [-0.25, -0.2) is 4.98 Å². The molecule has 0 aliphatic carbocycles. The van der Waals surface area contributed by atoms with Crippen molar-refractivity contribution in [3.05, 3.63) is 60.9 Å². The van der Waals surface area contributed by atoms with Crippen molar-refractivity contribution in [2.45, 2.75) is 0 Å². The standard InChI is InChI=1S/C16H11N3/c1-2-4-15-14(3-1)18-16(19-15)12-6-5-11-7-8-17-10-13(11)9-12/h1-10H,(H,18,19). The summed E-state index contributed by atoms with van der Waals surface area (Å²) in [5.41, 5.74) is 3.13. The van der Waals surface area contributed by atoms with Crippen LogP contribution in [-0.4, -0.2) is 15.0 Å². The maximum absolute atomic E-state index is 4.61. The number of aromatic amines is 1. The van der Waals surface area contributed by atoms with E-state index >= 15 is 0 Å². The Hall–Kier alpha value is -2.68. The highest BCUT2D eigenvalue weighted by molar-refractivity contribution is 5.87. The number of aromatic nitrogens is 3. The van der Waals surface area contributed by atoms with Gasteiger partial charge in [0.05, 0.1) is 11.0 Å². The molecule has 0 bridgehead atoms. The Morgan fingerprint density at radius 2 is 1.84 bits per heavy atom. The van der Waals surface area contributed by atoms with Gasteiger partial charge in [-0.1, -0.05) is 24.3 Å². The molecular weight excluding hydrogens is 234 g/mol. The minimum absolute atomic E-state index is 0.895. The molecule has 3 nitrogen and oxygen atoms in total. The molecule has 0 unspecified atom stereocenters. The smallest absolute Gasteiger partial charge is 0.138 e. The van der Waals surface area contributed by atoms with E-state index in [4.69, 9.17) is 0 Å². The van der Waals surface area contributed by atoms with Crippen LogP contribution in [0, 0.1) is 0 Å². The van der Waals surface area contributed by atoms with Gasteiger partial charge in [-0.15, -0.1) is 0 Å². The summed E-state index contributed by atoms with van der Waals surface area (Å²) in [6.07, 6.45) is 3.69. The number of nitrogens with zero attached hydrogens (tertiary/aromatic N) is 2. The van der Waals surface area contributed by atoms with E-state index in [1.807, 2.05) is 42.7 Å². The van der Waals surface area contributed by atoms with Crippen molar-refractivity contribution in [1.29, 1.82) is 0 Å². The first-order chi connectivity index (χ1) is 9.40. The Morgan fingerprint density at radius 3 is 2.79 bits per heavy atom. The van der Waals surface area contributed by atoms with Crippen LogP contribution in [0.2, 0.25) is 0 Å². The van der Waals surface area contributed by atoms with E-state index < -0.39 is 0 Å². The van der Waals surface area contributed by atoms with Gasteiger partial charge in [0.2, 0.25) is 0 Å². The molecule has 19 heavy (non-hydrogen) atoms. The zero-order chi connectivity index (χ0) is 12.7. The van der Waals surface area contributed by atoms with Crippen LogP contribution in [0.3, 0.4) is 0 Å². The number of H-pyrrole nitrogens is 1. The average Bonchev–Trinajstić information content (AvgIpc) is 2.90. The molecule has 0 radical (unpaired) electrons. The molecule has 0 saturated heterocycles. The first kappa shape index (κ1) is 10.3. The molecule has 2 aromatic heterocycles. The van der Waals surface area contributed by atoms with Crippen LogP contribution < -0.4 is 0 Å². The van der Waals surface area contributed by atoms with Crippen molar-refractivity contribution in [1.82, 2.24) is 15.0 Å². The molecule has 0 fully saturated rings. The van der Waals surface area contributed by atoms with E-state index in [0.29, 0.717) is 0 Å². The number of nitrogens with one attached hydrogen (secondary N) is 1. The molecule has 4 rings (SSSR count). The first-order valence-electron chi connectivity index (χ1n) is 6.19. The van der Waals surface area contributed by atoms with Gasteiger partial charge in [0.1, 0.15) is 5.82 Å². The highest BCUT2D eigenvalue weighted by Gasteiger charge is 2.05. The molecule has 0 aliphatic heterocycles. The first-order valence-corrected chi connectivity index (χ1v) is 6.19. The van der Waals surface area contributed by atoms with Crippen molar-refractivity contribution in [3.8, 4) is 11.4 Å². The van der Waals surface area contributed by atoms with Gasteiger partial charge in [-0.3, -0.25) is 4.98 Å². The second-order valence-electron chi connectivity index (χ2n) is 4.54. The molecule has 1 N–H and O–H groups in total. The minimum Gasteiger partial charge on any atom is -0.338 e. The van der Waals surface area contributed by atoms with Gasteiger partial charge >= 0.3 is 0 Å². The Bertz CT molecular complexity index is 844. The van der Waals surface area contributed by atoms with E-state index in [-0.39, 0.29) is 0 Å². The zero-order valence-electron chi connectivity index (χ0n) is 10.2. The summed E-state index contributed by atoms with van der Waals surface area (Å²) < 4.78 is 0. The van der Waals surface area contributed by atoms with E-state index in [1.165, 1.54) is 5.39 Å². The molecule has 0 spiro atoms. The highest BCUT2D eigenvalue weighted by atomic mass is 14.9. The lowest BCUT2D eigenvalue weighted by atomic mass is 10.1. The minimum atomic E-state index is 0.895. The number of rotatable bonds is 1. The number of hydrogen-bond acceptors (Lipinski definition) is 2. The third-order valence-electron chi connectivity index (χ3n) is 3.30. The number of imidazole rings is 1. The molecule has 3 heteroatoms. The average molecular weight is 245 g/mol. The lowest BCUT2D eigenvalue weighted by Crippen LogP contribution is -1.81. The molecule has 0 amide bonds. The van der Waals surface area contributed by atoms with E-state index in [2.05, 4.69) is 33.2 Å². The van der Waals surface area contributed by atoms with Crippen LogP contribution in [0.4, 0.5) is 0 Å². The topological polar surface area (TPSA) is 41.6 Å². The Balaban J connectivity index is 1.93. The third kappa shape index (κ3) is 1.67.